The van der Waals surface area contributed by atoms with E-state index in [-0.39, 0.29) is 12.1 Å². The number of rotatable bonds is 9. The smallest absolute Gasteiger partial charge is 0.279 e. The lowest BCUT2D eigenvalue weighted by Crippen LogP contribution is -2.46. The van der Waals surface area contributed by atoms with Gasteiger partial charge >= 0.3 is 0 Å². The van der Waals surface area contributed by atoms with E-state index in [0.29, 0.717) is 13.2 Å². The molecule has 2 N–H and O–H groups in total. The molecule has 2 unspecified atom stereocenters. The van der Waals surface area contributed by atoms with Crippen molar-refractivity contribution in [1.82, 2.24) is 14.3 Å². The van der Waals surface area contributed by atoms with Gasteiger partial charge in [-0.2, -0.15) is 17.4 Å². The predicted molar refractivity (Wildman–Crippen MR) is 76.3 cm³/mol. The van der Waals surface area contributed by atoms with E-state index < -0.39 is 10.2 Å². The van der Waals surface area contributed by atoms with Crippen molar-refractivity contribution in [2.75, 3.05) is 33.3 Å². The van der Waals surface area contributed by atoms with Crippen molar-refractivity contribution in [2.24, 2.45) is 0 Å². The summed E-state index contributed by atoms with van der Waals surface area (Å²) in [6, 6.07) is -0.106. The molecule has 2 atom stereocenters. The van der Waals surface area contributed by atoms with Gasteiger partial charge in [-0.1, -0.05) is 6.92 Å². The maximum atomic E-state index is 12.1. The van der Waals surface area contributed by atoms with Crippen LogP contribution in [0.4, 0.5) is 0 Å². The molecule has 1 heterocycles. The fourth-order valence-electron chi connectivity index (χ4n) is 2.02. The Balaban J connectivity index is 2.30. The lowest BCUT2D eigenvalue weighted by Gasteiger charge is -2.22. The van der Waals surface area contributed by atoms with Crippen molar-refractivity contribution >= 4 is 10.2 Å². The molecule has 0 saturated carbocycles. The van der Waals surface area contributed by atoms with Crippen molar-refractivity contribution in [3.8, 4) is 0 Å². The molecule has 0 spiro atoms. The summed E-state index contributed by atoms with van der Waals surface area (Å²) in [6.07, 6.45) is 2.60. The molecule has 0 aromatic heterocycles. The maximum Gasteiger partial charge on any atom is 0.279 e. The first kappa shape index (κ1) is 16.8. The standard InChI is InChI=1S/C12H27N3O3S/c1-4-7-13-8-5-9-15(3)19(16,17)14-12-6-10-18-11(12)2/h11-14H,4-10H2,1-3H3. The summed E-state index contributed by atoms with van der Waals surface area (Å²) in [6.45, 7) is 6.97. The van der Waals surface area contributed by atoms with Gasteiger partial charge in [-0.25, -0.2) is 0 Å². The zero-order valence-electron chi connectivity index (χ0n) is 12.2. The second-order valence-corrected chi connectivity index (χ2v) is 6.83. The second kappa shape index (κ2) is 8.16. The molecule has 0 bridgehead atoms. The van der Waals surface area contributed by atoms with E-state index in [1.807, 2.05) is 6.92 Å². The second-order valence-electron chi connectivity index (χ2n) is 5.02. The van der Waals surface area contributed by atoms with Gasteiger partial charge in [0.25, 0.3) is 10.2 Å². The van der Waals surface area contributed by atoms with E-state index in [0.717, 1.165) is 32.4 Å². The molecular formula is C12H27N3O3S. The van der Waals surface area contributed by atoms with Gasteiger partial charge in [0, 0.05) is 20.2 Å². The molecule has 1 aliphatic rings. The van der Waals surface area contributed by atoms with Crippen LogP contribution in [-0.2, 0) is 14.9 Å². The lowest BCUT2D eigenvalue weighted by atomic mass is 10.2. The zero-order valence-corrected chi connectivity index (χ0v) is 13.0. The number of hydrogen-bond acceptors (Lipinski definition) is 4. The van der Waals surface area contributed by atoms with E-state index in [9.17, 15) is 8.42 Å². The quantitative estimate of drug-likeness (QED) is 0.601. The Bertz CT molecular complexity index is 348. The van der Waals surface area contributed by atoms with Crippen LogP contribution in [-0.4, -0.2) is 58.2 Å². The molecule has 19 heavy (non-hydrogen) atoms. The molecule has 1 rings (SSSR count). The third-order valence-corrected chi connectivity index (χ3v) is 4.94. The van der Waals surface area contributed by atoms with Gasteiger partial charge < -0.3 is 10.1 Å². The van der Waals surface area contributed by atoms with Crippen LogP contribution in [0.3, 0.4) is 0 Å². The molecule has 0 radical (unpaired) electrons. The summed E-state index contributed by atoms with van der Waals surface area (Å²) in [4.78, 5) is 0. The molecule has 1 aliphatic heterocycles. The summed E-state index contributed by atoms with van der Waals surface area (Å²) in [5.74, 6) is 0. The Morgan fingerprint density at radius 2 is 2.11 bits per heavy atom. The molecule has 7 heteroatoms. The minimum Gasteiger partial charge on any atom is -0.377 e. The van der Waals surface area contributed by atoms with Gasteiger partial charge in [0.2, 0.25) is 0 Å². The summed E-state index contributed by atoms with van der Waals surface area (Å²) >= 11 is 0. The van der Waals surface area contributed by atoms with Crippen LogP contribution >= 0.6 is 0 Å². The fourth-order valence-corrected chi connectivity index (χ4v) is 3.26. The molecule has 1 fully saturated rings. The van der Waals surface area contributed by atoms with Crippen molar-refractivity contribution in [2.45, 2.75) is 45.3 Å². The highest BCUT2D eigenvalue weighted by Gasteiger charge is 2.29. The normalized spacial score (nSPS) is 24.2. The highest BCUT2D eigenvalue weighted by atomic mass is 32.2. The van der Waals surface area contributed by atoms with Crippen LogP contribution in [0.1, 0.15) is 33.1 Å². The Morgan fingerprint density at radius 3 is 2.68 bits per heavy atom. The van der Waals surface area contributed by atoms with Crippen LogP contribution in [0, 0.1) is 0 Å². The third-order valence-electron chi connectivity index (χ3n) is 3.34. The first-order valence-corrected chi connectivity index (χ1v) is 8.47. The molecular weight excluding hydrogens is 266 g/mol. The van der Waals surface area contributed by atoms with Gasteiger partial charge in [0.1, 0.15) is 0 Å². The number of nitrogens with zero attached hydrogens (tertiary/aromatic N) is 1. The topological polar surface area (TPSA) is 70.7 Å². The first-order chi connectivity index (χ1) is 8.97. The predicted octanol–water partition coefficient (Wildman–Crippen LogP) is 0.320. The lowest BCUT2D eigenvalue weighted by molar-refractivity contribution is 0.116. The highest BCUT2D eigenvalue weighted by Crippen LogP contribution is 2.14. The fraction of sp³-hybridized carbons (Fsp3) is 1.00. The highest BCUT2D eigenvalue weighted by molar-refractivity contribution is 7.87. The Morgan fingerprint density at radius 1 is 1.37 bits per heavy atom. The van der Waals surface area contributed by atoms with E-state index >= 15 is 0 Å². The maximum absolute atomic E-state index is 12.1. The summed E-state index contributed by atoms with van der Waals surface area (Å²) < 4.78 is 33.6. The summed E-state index contributed by atoms with van der Waals surface area (Å²) in [7, 11) is -1.78. The van der Waals surface area contributed by atoms with E-state index in [1.54, 1.807) is 7.05 Å². The molecule has 6 nitrogen and oxygen atoms in total. The Hall–Kier alpha value is -0.210. The van der Waals surface area contributed by atoms with Crippen molar-refractivity contribution < 1.29 is 13.2 Å². The van der Waals surface area contributed by atoms with E-state index in [2.05, 4.69) is 17.0 Å². The van der Waals surface area contributed by atoms with Crippen molar-refractivity contribution in [1.29, 1.82) is 0 Å². The third kappa shape index (κ3) is 5.74. The van der Waals surface area contributed by atoms with Gasteiger partial charge in [-0.3, -0.25) is 0 Å². The average Bonchev–Trinajstić information content (AvgIpc) is 2.74. The van der Waals surface area contributed by atoms with Crippen LogP contribution in [0.25, 0.3) is 0 Å². The van der Waals surface area contributed by atoms with Crippen LogP contribution < -0.4 is 10.0 Å². The zero-order chi connectivity index (χ0) is 14.3. The summed E-state index contributed by atoms with van der Waals surface area (Å²) in [5.41, 5.74) is 0. The van der Waals surface area contributed by atoms with Crippen LogP contribution in [0.15, 0.2) is 0 Å². The molecule has 114 valence electrons. The molecule has 0 aromatic carbocycles. The number of hydrogen-bond donors (Lipinski definition) is 2. The van der Waals surface area contributed by atoms with Gasteiger partial charge in [0.05, 0.1) is 12.1 Å². The Kier molecular flexibility index (Phi) is 7.23. The van der Waals surface area contributed by atoms with Crippen molar-refractivity contribution in [3.63, 3.8) is 0 Å². The van der Waals surface area contributed by atoms with Crippen LogP contribution in [0.5, 0.6) is 0 Å². The molecule has 1 saturated heterocycles. The minimum absolute atomic E-state index is 0.0469. The average molecular weight is 293 g/mol. The molecule has 0 aromatic rings. The van der Waals surface area contributed by atoms with Crippen LogP contribution in [0.2, 0.25) is 0 Å². The first-order valence-electron chi connectivity index (χ1n) is 7.03. The van der Waals surface area contributed by atoms with Gasteiger partial charge in [0.15, 0.2) is 0 Å². The number of nitrogens with one attached hydrogen (secondary N) is 2. The SMILES string of the molecule is CCCNCCCN(C)S(=O)(=O)NC1CCOC1C. The molecule has 0 amide bonds. The number of ether oxygens (including phenoxy) is 1. The van der Waals surface area contributed by atoms with Gasteiger partial charge in [-0.15, -0.1) is 0 Å². The molecule has 0 aliphatic carbocycles. The Labute approximate surface area is 117 Å². The largest absolute Gasteiger partial charge is 0.377 e. The van der Waals surface area contributed by atoms with Gasteiger partial charge in [-0.05, 0) is 39.3 Å². The monoisotopic (exact) mass is 293 g/mol. The van der Waals surface area contributed by atoms with E-state index in [4.69, 9.17) is 4.74 Å². The van der Waals surface area contributed by atoms with E-state index in [1.165, 1.54) is 4.31 Å². The summed E-state index contributed by atoms with van der Waals surface area (Å²) in [5, 5.41) is 3.26. The minimum atomic E-state index is -3.39. The van der Waals surface area contributed by atoms with Crippen molar-refractivity contribution in [3.05, 3.63) is 0 Å².